The number of aliphatic carboxylic acids is 1. The molecule has 0 spiro atoms. The van der Waals surface area contributed by atoms with E-state index < -0.39 is 5.97 Å². The molecular formula is C25H31N5O3. The van der Waals surface area contributed by atoms with Gasteiger partial charge in [0.2, 0.25) is 0 Å². The van der Waals surface area contributed by atoms with Gasteiger partial charge in [-0.25, -0.2) is 4.98 Å². The van der Waals surface area contributed by atoms with Gasteiger partial charge >= 0.3 is 5.97 Å². The van der Waals surface area contributed by atoms with Gasteiger partial charge in [-0.05, 0) is 37.3 Å². The van der Waals surface area contributed by atoms with Crippen molar-refractivity contribution in [3.8, 4) is 17.0 Å². The van der Waals surface area contributed by atoms with Gasteiger partial charge in [-0.3, -0.25) is 14.8 Å². The second-order valence-corrected chi connectivity index (χ2v) is 9.33. The summed E-state index contributed by atoms with van der Waals surface area (Å²) in [6.45, 7) is 9.43. The molecule has 1 aliphatic rings. The molecule has 1 saturated heterocycles. The predicted molar refractivity (Wildman–Crippen MR) is 126 cm³/mol. The largest absolute Gasteiger partial charge is 0.490 e. The number of aryl methyl sites for hydroxylation is 1. The third-order valence-corrected chi connectivity index (χ3v) is 6.32. The van der Waals surface area contributed by atoms with Crippen LogP contribution in [0.3, 0.4) is 0 Å². The number of ether oxygens (including phenoxy) is 1. The predicted octanol–water partition coefficient (Wildman–Crippen LogP) is 3.98. The minimum atomic E-state index is -0.856. The van der Waals surface area contributed by atoms with Crippen molar-refractivity contribution in [3.05, 3.63) is 54.5 Å². The summed E-state index contributed by atoms with van der Waals surface area (Å²) in [6.07, 6.45) is 11.0. The number of piperidine rings is 1. The Morgan fingerprint density at radius 2 is 1.97 bits per heavy atom. The van der Waals surface area contributed by atoms with Gasteiger partial charge in [0.25, 0.3) is 0 Å². The Morgan fingerprint density at radius 3 is 2.61 bits per heavy atom. The van der Waals surface area contributed by atoms with Gasteiger partial charge in [-0.1, -0.05) is 13.8 Å². The highest BCUT2D eigenvalue weighted by Gasteiger charge is 2.29. The van der Waals surface area contributed by atoms with Crippen LogP contribution in [-0.2, 0) is 17.8 Å². The van der Waals surface area contributed by atoms with Crippen LogP contribution in [0.15, 0.2) is 43.2 Å². The SMILES string of the molecule is Cc1ncc(-c2ccc(OCCn3ccnc3)cn2)c(N2CCC(C)(C)CC2)c1CC(=O)O. The van der Waals surface area contributed by atoms with Crippen molar-refractivity contribution in [2.24, 2.45) is 5.41 Å². The van der Waals surface area contributed by atoms with Gasteiger partial charge in [0.15, 0.2) is 0 Å². The lowest BCUT2D eigenvalue weighted by Gasteiger charge is -2.40. The van der Waals surface area contributed by atoms with Crippen molar-refractivity contribution >= 4 is 11.7 Å². The van der Waals surface area contributed by atoms with E-state index in [4.69, 9.17) is 4.74 Å². The van der Waals surface area contributed by atoms with Crippen LogP contribution in [0, 0.1) is 12.3 Å². The number of anilines is 1. The molecule has 0 aromatic carbocycles. The fraction of sp³-hybridized carbons (Fsp3) is 0.440. The van der Waals surface area contributed by atoms with Crippen LogP contribution in [0.4, 0.5) is 5.69 Å². The second kappa shape index (κ2) is 9.60. The number of carboxylic acid groups (broad SMARTS) is 1. The second-order valence-electron chi connectivity index (χ2n) is 9.33. The molecule has 0 unspecified atom stereocenters. The molecule has 174 valence electrons. The highest BCUT2D eigenvalue weighted by atomic mass is 16.5. The van der Waals surface area contributed by atoms with Crippen molar-refractivity contribution in [1.82, 2.24) is 19.5 Å². The summed E-state index contributed by atoms with van der Waals surface area (Å²) < 4.78 is 7.77. The smallest absolute Gasteiger partial charge is 0.307 e. The van der Waals surface area contributed by atoms with Crippen LogP contribution in [0.25, 0.3) is 11.3 Å². The van der Waals surface area contributed by atoms with Crippen LogP contribution in [0.1, 0.15) is 37.9 Å². The van der Waals surface area contributed by atoms with Crippen molar-refractivity contribution in [3.63, 3.8) is 0 Å². The standard InChI is InChI=1S/C25H31N5O3/c1-18-20(14-23(31)32)24(30-9-6-25(2,3)7-10-30)21(16-27-18)22-5-4-19(15-28-22)33-13-12-29-11-8-26-17-29/h4-5,8,11,15-17H,6-7,9-10,12-14H2,1-3H3,(H,31,32). The van der Waals surface area contributed by atoms with Gasteiger partial charge < -0.3 is 19.3 Å². The molecule has 0 amide bonds. The van der Waals surface area contributed by atoms with Crippen molar-refractivity contribution in [2.75, 3.05) is 24.6 Å². The number of imidazole rings is 1. The fourth-order valence-electron chi connectivity index (χ4n) is 4.19. The summed E-state index contributed by atoms with van der Waals surface area (Å²) in [4.78, 5) is 27.2. The highest BCUT2D eigenvalue weighted by Crippen LogP contribution is 2.39. The number of nitrogens with zero attached hydrogens (tertiary/aromatic N) is 5. The van der Waals surface area contributed by atoms with E-state index in [0.29, 0.717) is 24.3 Å². The number of carboxylic acids is 1. The van der Waals surface area contributed by atoms with E-state index >= 15 is 0 Å². The zero-order chi connectivity index (χ0) is 23.4. The molecule has 4 heterocycles. The van der Waals surface area contributed by atoms with E-state index in [1.165, 1.54) is 0 Å². The molecule has 0 atom stereocenters. The topological polar surface area (TPSA) is 93.4 Å². The zero-order valence-corrected chi connectivity index (χ0v) is 19.5. The molecule has 0 bridgehead atoms. The molecule has 1 fully saturated rings. The molecule has 3 aromatic rings. The van der Waals surface area contributed by atoms with Gasteiger partial charge in [0.1, 0.15) is 12.4 Å². The Bertz CT molecular complexity index is 1080. The Morgan fingerprint density at radius 1 is 1.18 bits per heavy atom. The Kier molecular flexibility index (Phi) is 6.62. The van der Waals surface area contributed by atoms with Crippen LogP contribution in [0.5, 0.6) is 5.75 Å². The minimum absolute atomic E-state index is 0.0582. The van der Waals surface area contributed by atoms with E-state index in [2.05, 4.69) is 33.7 Å². The average Bonchev–Trinajstić information content (AvgIpc) is 3.29. The fourth-order valence-corrected chi connectivity index (χ4v) is 4.19. The van der Waals surface area contributed by atoms with E-state index in [1.807, 2.05) is 36.0 Å². The van der Waals surface area contributed by atoms with Crippen LogP contribution >= 0.6 is 0 Å². The molecule has 0 aliphatic carbocycles. The summed E-state index contributed by atoms with van der Waals surface area (Å²) in [7, 11) is 0. The van der Waals surface area contributed by atoms with Gasteiger partial charge in [0, 0.05) is 48.5 Å². The molecule has 3 aromatic heterocycles. The van der Waals surface area contributed by atoms with Crippen LogP contribution in [0.2, 0.25) is 0 Å². The molecule has 8 nitrogen and oxygen atoms in total. The van der Waals surface area contributed by atoms with E-state index in [1.54, 1.807) is 18.7 Å². The van der Waals surface area contributed by atoms with Gasteiger partial charge in [-0.15, -0.1) is 0 Å². The Balaban J connectivity index is 1.60. The first kappa shape index (κ1) is 22.8. The first-order chi connectivity index (χ1) is 15.8. The van der Waals surface area contributed by atoms with Gasteiger partial charge in [0.05, 0.1) is 36.9 Å². The molecule has 1 N–H and O–H groups in total. The molecule has 8 heteroatoms. The Labute approximate surface area is 194 Å². The lowest BCUT2D eigenvalue weighted by atomic mass is 9.82. The maximum Gasteiger partial charge on any atom is 0.307 e. The van der Waals surface area contributed by atoms with Crippen LogP contribution in [-0.4, -0.2) is 50.3 Å². The summed E-state index contributed by atoms with van der Waals surface area (Å²) in [6, 6.07) is 3.82. The number of aromatic nitrogens is 4. The summed E-state index contributed by atoms with van der Waals surface area (Å²) in [5.41, 5.74) is 4.38. The number of hydrogen-bond acceptors (Lipinski definition) is 6. The number of pyridine rings is 2. The summed E-state index contributed by atoms with van der Waals surface area (Å²) in [5.74, 6) is -0.170. The molecule has 0 radical (unpaired) electrons. The molecule has 33 heavy (non-hydrogen) atoms. The summed E-state index contributed by atoms with van der Waals surface area (Å²) >= 11 is 0. The normalized spacial score (nSPS) is 15.4. The molecular weight excluding hydrogens is 418 g/mol. The van der Waals surface area contributed by atoms with Crippen molar-refractivity contribution in [1.29, 1.82) is 0 Å². The maximum atomic E-state index is 11.7. The average molecular weight is 450 g/mol. The first-order valence-electron chi connectivity index (χ1n) is 11.3. The number of hydrogen-bond donors (Lipinski definition) is 1. The van der Waals surface area contributed by atoms with E-state index in [-0.39, 0.29) is 6.42 Å². The highest BCUT2D eigenvalue weighted by molar-refractivity contribution is 5.83. The first-order valence-corrected chi connectivity index (χ1v) is 11.3. The quantitative estimate of drug-likeness (QED) is 0.556. The van der Waals surface area contributed by atoms with E-state index in [9.17, 15) is 9.90 Å². The number of rotatable bonds is 8. The zero-order valence-electron chi connectivity index (χ0n) is 19.5. The Hall–Kier alpha value is -3.42. The lowest BCUT2D eigenvalue weighted by Crippen LogP contribution is -2.38. The van der Waals surface area contributed by atoms with Crippen LogP contribution < -0.4 is 9.64 Å². The number of carbonyl (C=O) groups is 1. The minimum Gasteiger partial charge on any atom is -0.490 e. The third-order valence-electron chi connectivity index (χ3n) is 6.32. The van der Waals surface area contributed by atoms with Crippen molar-refractivity contribution < 1.29 is 14.6 Å². The third kappa shape index (κ3) is 5.50. The maximum absolute atomic E-state index is 11.7. The van der Waals surface area contributed by atoms with Crippen molar-refractivity contribution in [2.45, 2.75) is 46.6 Å². The molecule has 1 aliphatic heterocycles. The molecule has 4 rings (SSSR count). The molecule has 0 saturated carbocycles. The monoisotopic (exact) mass is 449 g/mol. The summed E-state index contributed by atoms with van der Waals surface area (Å²) in [5, 5.41) is 9.56. The van der Waals surface area contributed by atoms with E-state index in [0.717, 1.165) is 54.1 Å². The lowest BCUT2D eigenvalue weighted by molar-refractivity contribution is -0.136. The van der Waals surface area contributed by atoms with Gasteiger partial charge in [-0.2, -0.15) is 0 Å².